The van der Waals surface area contributed by atoms with Gasteiger partial charge in [-0.1, -0.05) is 40.2 Å². The monoisotopic (exact) mass is 395 g/mol. The van der Waals surface area contributed by atoms with Crippen LogP contribution in [0.5, 0.6) is 0 Å². The average molecular weight is 396 g/mol. The first-order valence-corrected chi connectivity index (χ1v) is 8.28. The van der Waals surface area contributed by atoms with E-state index in [0.29, 0.717) is 6.42 Å². The van der Waals surface area contributed by atoms with Crippen molar-refractivity contribution < 1.29 is 19.1 Å². The van der Waals surface area contributed by atoms with Crippen molar-refractivity contribution in [1.82, 2.24) is 5.48 Å². The highest BCUT2D eigenvalue weighted by Crippen LogP contribution is 2.29. The van der Waals surface area contributed by atoms with Gasteiger partial charge in [-0.05, 0) is 41.8 Å². The summed E-state index contributed by atoms with van der Waals surface area (Å²) in [6, 6.07) is 14.0. The second kappa shape index (κ2) is 8.92. The first-order chi connectivity index (χ1) is 11.5. The minimum absolute atomic E-state index is 0.0227. The van der Waals surface area contributed by atoms with E-state index in [1.165, 1.54) is 19.2 Å². The van der Waals surface area contributed by atoms with Crippen molar-refractivity contribution in [3.8, 4) is 0 Å². The predicted octanol–water partition coefficient (Wildman–Crippen LogP) is 3.83. The van der Waals surface area contributed by atoms with Gasteiger partial charge in [-0.2, -0.15) is 0 Å². The summed E-state index contributed by atoms with van der Waals surface area (Å²) < 4.78 is 19.6. The van der Waals surface area contributed by atoms with Gasteiger partial charge in [0.05, 0.1) is 12.5 Å². The molecule has 0 aliphatic heterocycles. The summed E-state index contributed by atoms with van der Waals surface area (Å²) in [5, 5.41) is 8.79. The van der Waals surface area contributed by atoms with Gasteiger partial charge in [0.25, 0.3) is 0 Å². The normalized spacial score (nSPS) is 13.3. The fourth-order valence-electron chi connectivity index (χ4n) is 2.67. The van der Waals surface area contributed by atoms with Gasteiger partial charge in [0, 0.05) is 17.5 Å². The van der Waals surface area contributed by atoms with E-state index in [2.05, 4.69) is 15.9 Å². The number of hydrogen-bond donors (Lipinski definition) is 2. The van der Waals surface area contributed by atoms with Crippen LogP contribution in [0.25, 0.3) is 0 Å². The van der Waals surface area contributed by atoms with Gasteiger partial charge in [-0.3, -0.25) is 10.0 Å². The Morgan fingerprint density at radius 1 is 1.21 bits per heavy atom. The topological polar surface area (TPSA) is 58.6 Å². The quantitative estimate of drug-likeness (QED) is 0.553. The smallest absolute Gasteiger partial charge is 0.245 e. The highest BCUT2D eigenvalue weighted by molar-refractivity contribution is 9.10. The van der Waals surface area contributed by atoms with Gasteiger partial charge in [-0.15, -0.1) is 0 Å². The Balaban J connectivity index is 2.30. The van der Waals surface area contributed by atoms with Crippen molar-refractivity contribution in [1.29, 1.82) is 0 Å². The Morgan fingerprint density at radius 3 is 2.38 bits per heavy atom. The summed E-state index contributed by atoms with van der Waals surface area (Å²) in [5.41, 5.74) is 3.58. The van der Waals surface area contributed by atoms with Gasteiger partial charge in [-0.25, -0.2) is 9.87 Å². The fourth-order valence-corrected chi connectivity index (χ4v) is 2.93. The zero-order valence-electron chi connectivity index (χ0n) is 13.2. The molecule has 0 spiro atoms. The van der Waals surface area contributed by atoms with E-state index in [0.717, 1.165) is 15.6 Å². The molecule has 2 atom stereocenters. The molecule has 0 radical (unpaired) electrons. The molecule has 128 valence electrons. The van der Waals surface area contributed by atoms with Gasteiger partial charge in [0.2, 0.25) is 5.91 Å². The molecular weight excluding hydrogens is 377 g/mol. The Labute approximate surface area is 148 Å². The van der Waals surface area contributed by atoms with Crippen LogP contribution in [-0.4, -0.2) is 24.3 Å². The van der Waals surface area contributed by atoms with Crippen molar-refractivity contribution in [3.05, 3.63) is 69.9 Å². The van der Waals surface area contributed by atoms with Gasteiger partial charge in [0.1, 0.15) is 5.82 Å². The Bertz CT molecular complexity index is 661. The SMILES string of the molecule is COC(CC(=O)NO)[C@H](Cc1ccc(F)cc1)c1ccc(Br)cc1. The zero-order chi connectivity index (χ0) is 17.5. The van der Waals surface area contributed by atoms with Crippen LogP contribution in [0.4, 0.5) is 4.39 Å². The highest BCUT2D eigenvalue weighted by atomic mass is 79.9. The van der Waals surface area contributed by atoms with Crippen molar-refractivity contribution in [2.75, 3.05) is 7.11 Å². The lowest BCUT2D eigenvalue weighted by Crippen LogP contribution is -2.31. The molecule has 0 aliphatic carbocycles. The molecular formula is C18H19BrFNO3. The molecule has 0 saturated heterocycles. The maximum absolute atomic E-state index is 13.1. The molecule has 0 aromatic heterocycles. The molecule has 0 aliphatic rings. The zero-order valence-corrected chi connectivity index (χ0v) is 14.8. The van der Waals surface area contributed by atoms with E-state index in [1.807, 2.05) is 24.3 Å². The van der Waals surface area contributed by atoms with Crippen LogP contribution in [0.1, 0.15) is 23.5 Å². The van der Waals surface area contributed by atoms with E-state index in [9.17, 15) is 9.18 Å². The van der Waals surface area contributed by atoms with Crippen molar-refractivity contribution in [2.24, 2.45) is 0 Å². The average Bonchev–Trinajstić information content (AvgIpc) is 2.60. The maximum atomic E-state index is 13.1. The van der Waals surface area contributed by atoms with Crippen LogP contribution in [0.15, 0.2) is 53.0 Å². The third kappa shape index (κ3) is 5.12. The summed E-state index contributed by atoms with van der Waals surface area (Å²) >= 11 is 3.40. The number of halogens is 2. The number of benzene rings is 2. The summed E-state index contributed by atoms with van der Waals surface area (Å²) in [6.45, 7) is 0. The third-order valence-electron chi connectivity index (χ3n) is 3.93. The second-order valence-corrected chi connectivity index (χ2v) is 6.42. The second-order valence-electron chi connectivity index (χ2n) is 5.50. The number of nitrogens with one attached hydrogen (secondary N) is 1. The molecule has 4 nitrogen and oxygen atoms in total. The number of ether oxygens (including phenoxy) is 1. The van der Waals surface area contributed by atoms with Gasteiger partial charge >= 0.3 is 0 Å². The largest absolute Gasteiger partial charge is 0.380 e. The number of rotatable bonds is 7. The summed E-state index contributed by atoms with van der Waals surface area (Å²) in [6.07, 6.45) is 0.178. The lowest BCUT2D eigenvalue weighted by Gasteiger charge is -2.26. The summed E-state index contributed by atoms with van der Waals surface area (Å²) in [7, 11) is 1.53. The summed E-state index contributed by atoms with van der Waals surface area (Å²) in [4.78, 5) is 11.6. The van der Waals surface area contributed by atoms with Gasteiger partial charge < -0.3 is 4.74 Å². The van der Waals surface area contributed by atoms with Crippen LogP contribution in [0.3, 0.4) is 0 Å². The maximum Gasteiger partial charge on any atom is 0.245 e. The Kier molecular flexibility index (Phi) is 6.90. The third-order valence-corrected chi connectivity index (χ3v) is 4.46. The molecule has 0 bridgehead atoms. The predicted molar refractivity (Wildman–Crippen MR) is 92.3 cm³/mol. The molecule has 2 aromatic rings. The number of carbonyl (C=O) groups excluding carboxylic acids is 1. The highest BCUT2D eigenvalue weighted by Gasteiger charge is 2.26. The number of hydrogen-bond acceptors (Lipinski definition) is 3. The first kappa shape index (κ1) is 18.6. The van der Waals surface area contributed by atoms with Crippen LogP contribution < -0.4 is 5.48 Å². The standard InChI is InChI=1S/C18H19BrFNO3/c1-24-17(11-18(22)21-23)16(13-4-6-14(19)7-5-13)10-12-2-8-15(20)9-3-12/h2-9,16-17,23H,10-11H2,1H3,(H,21,22)/t16-,17?/m1/s1. The Hall–Kier alpha value is -1.76. The molecule has 1 unspecified atom stereocenters. The number of methoxy groups -OCH3 is 1. The van der Waals surface area contributed by atoms with E-state index in [-0.39, 0.29) is 18.2 Å². The van der Waals surface area contributed by atoms with Crippen molar-refractivity contribution in [3.63, 3.8) is 0 Å². The van der Waals surface area contributed by atoms with Crippen LogP contribution >= 0.6 is 15.9 Å². The Morgan fingerprint density at radius 2 is 1.83 bits per heavy atom. The van der Waals surface area contributed by atoms with Gasteiger partial charge in [0.15, 0.2) is 0 Å². The minimum atomic E-state index is -0.511. The number of carbonyl (C=O) groups is 1. The lowest BCUT2D eigenvalue weighted by atomic mass is 9.86. The van der Waals surface area contributed by atoms with E-state index in [4.69, 9.17) is 9.94 Å². The molecule has 2 N–H and O–H groups in total. The molecule has 6 heteroatoms. The molecule has 1 amide bonds. The van der Waals surface area contributed by atoms with E-state index in [1.54, 1.807) is 17.6 Å². The molecule has 2 aromatic carbocycles. The minimum Gasteiger partial charge on any atom is -0.380 e. The number of amides is 1. The van der Waals surface area contributed by atoms with Crippen LogP contribution in [0.2, 0.25) is 0 Å². The van der Waals surface area contributed by atoms with Crippen molar-refractivity contribution >= 4 is 21.8 Å². The fraction of sp³-hybridized carbons (Fsp3) is 0.278. The van der Waals surface area contributed by atoms with Crippen LogP contribution in [-0.2, 0) is 16.0 Å². The van der Waals surface area contributed by atoms with E-state index >= 15 is 0 Å². The van der Waals surface area contributed by atoms with Crippen LogP contribution in [0, 0.1) is 5.82 Å². The molecule has 2 rings (SSSR count). The molecule has 0 heterocycles. The van der Waals surface area contributed by atoms with E-state index < -0.39 is 12.0 Å². The molecule has 0 saturated carbocycles. The molecule has 24 heavy (non-hydrogen) atoms. The van der Waals surface area contributed by atoms with Crippen molar-refractivity contribution in [2.45, 2.75) is 24.9 Å². The number of hydroxylamine groups is 1. The lowest BCUT2D eigenvalue weighted by molar-refractivity contribution is -0.132. The summed E-state index contributed by atoms with van der Waals surface area (Å²) in [5.74, 6) is -0.921. The molecule has 0 fully saturated rings. The first-order valence-electron chi connectivity index (χ1n) is 7.49.